The molecule has 5 rings (SSSR count). The van der Waals surface area contributed by atoms with Crippen LogP contribution in [-0.2, 0) is 45.5 Å². The van der Waals surface area contributed by atoms with E-state index in [1.165, 1.54) is 11.1 Å². The number of carboxylic acids is 1. The fraction of sp³-hybridized carbons (Fsp3) is 0.412. The standard InChI is InChI=1S/C34H39N3O4/c1-34(2,3)28-16-22(5-11-31(38)39)17-29(20-28)36-33(41)26-10-7-24-6-4-21(15-27(24)19-26)14-23-12-13-35-30(18-23)37-32(40)25-8-9-25/h4,6,12-13,15-18,20,25-26H,5,7-11,14,19H2,1-3H3,(H,36,41)(H,38,39)(H,35,37,40). The van der Waals surface area contributed by atoms with Crippen LogP contribution in [0.15, 0.2) is 54.7 Å². The number of carboxylic acid groups (broad SMARTS) is 1. The number of anilines is 2. The lowest BCUT2D eigenvalue weighted by Crippen LogP contribution is -2.28. The number of nitrogens with one attached hydrogen (secondary N) is 2. The van der Waals surface area contributed by atoms with Crippen molar-refractivity contribution < 1.29 is 19.5 Å². The molecule has 2 aliphatic rings. The summed E-state index contributed by atoms with van der Waals surface area (Å²) >= 11 is 0. The number of aromatic nitrogens is 1. The van der Waals surface area contributed by atoms with Crippen LogP contribution in [0.25, 0.3) is 0 Å². The normalized spacial score (nSPS) is 16.5. The van der Waals surface area contributed by atoms with Gasteiger partial charge in [-0.05, 0) is 108 Å². The number of benzene rings is 2. The maximum atomic E-state index is 13.4. The van der Waals surface area contributed by atoms with E-state index in [-0.39, 0.29) is 35.5 Å². The molecule has 2 aromatic carbocycles. The zero-order chi connectivity index (χ0) is 29.1. The fourth-order valence-electron chi connectivity index (χ4n) is 5.44. The van der Waals surface area contributed by atoms with Crippen LogP contribution in [0.2, 0.25) is 0 Å². The zero-order valence-corrected chi connectivity index (χ0v) is 24.1. The molecule has 1 aromatic heterocycles. The highest BCUT2D eigenvalue weighted by Gasteiger charge is 2.30. The lowest BCUT2D eigenvalue weighted by atomic mass is 9.82. The zero-order valence-electron chi connectivity index (χ0n) is 24.1. The van der Waals surface area contributed by atoms with Gasteiger partial charge in [-0.15, -0.1) is 0 Å². The molecule has 2 amide bonds. The third-order valence-electron chi connectivity index (χ3n) is 8.06. The first kappa shape index (κ1) is 28.5. The Labute approximate surface area is 241 Å². The number of hydrogen-bond donors (Lipinski definition) is 3. The topological polar surface area (TPSA) is 108 Å². The van der Waals surface area contributed by atoms with Crippen LogP contribution in [0.5, 0.6) is 0 Å². The van der Waals surface area contributed by atoms with Crippen LogP contribution in [0.4, 0.5) is 11.5 Å². The van der Waals surface area contributed by atoms with Crippen LogP contribution in [0.1, 0.15) is 79.8 Å². The van der Waals surface area contributed by atoms with E-state index in [4.69, 9.17) is 5.11 Å². The lowest BCUT2D eigenvalue weighted by Gasteiger charge is -2.25. The molecule has 0 aliphatic heterocycles. The number of amides is 2. The molecule has 7 heteroatoms. The van der Waals surface area contributed by atoms with E-state index in [0.717, 1.165) is 60.0 Å². The molecule has 3 aromatic rings. The molecule has 1 fully saturated rings. The minimum atomic E-state index is -0.832. The van der Waals surface area contributed by atoms with E-state index >= 15 is 0 Å². The van der Waals surface area contributed by atoms with Crippen molar-refractivity contribution in [3.63, 3.8) is 0 Å². The second-order valence-electron chi connectivity index (χ2n) is 12.6. The fourth-order valence-corrected chi connectivity index (χ4v) is 5.44. The van der Waals surface area contributed by atoms with Crippen molar-refractivity contribution in [1.82, 2.24) is 4.98 Å². The molecule has 1 saturated carbocycles. The summed E-state index contributed by atoms with van der Waals surface area (Å²) in [6, 6.07) is 16.4. The summed E-state index contributed by atoms with van der Waals surface area (Å²) in [5, 5.41) is 15.2. The van der Waals surface area contributed by atoms with E-state index in [9.17, 15) is 14.4 Å². The van der Waals surface area contributed by atoms with Gasteiger partial charge in [0.05, 0.1) is 0 Å². The molecule has 0 spiro atoms. The van der Waals surface area contributed by atoms with Crippen LogP contribution < -0.4 is 10.6 Å². The van der Waals surface area contributed by atoms with Crippen molar-refractivity contribution in [3.8, 4) is 0 Å². The molecule has 7 nitrogen and oxygen atoms in total. The summed E-state index contributed by atoms with van der Waals surface area (Å²) in [4.78, 5) is 41.0. The van der Waals surface area contributed by atoms with Crippen LogP contribution in [0, 0.1) is 11.8 Å². The van der Waals surface area contributed by atoms with Crippen molar-refractivity contribution in [2.45, 2.75) is 77.6 Å². The monoisotopic (exact) mass is 553 g/mol. The van der Waals surface area contributed by atoms with Crippen molar-refractivity contribution in [3.05, 3.63) is 88.1 Å². The van der Waals surface area contributed by atoms with Crippen molar-refractivity contribution in [2.24, 2.45) is 11.8 Å². The highest BCUT2D eigenvalue weighted by molar-refractivity contribution is 5.93. The minimum absolute atomic E-state index is 0.00137. The molecule has 2 aliphatic carbocycles. The second-order valence-corrected chi connectivity index (χ2v) is 12.6. The number of carbonyl (C=O) groups is 3. The third-order valence-corrected chi connectivity index (χ3v) is 8.06. The maximum Gasteiger partial charge on any atom is 0.303 e. The van der Waals surface area contributed by atoms with Crippen LogP contribution in [-0.4, -0.2) is 27.9 Å². The van der Waals surface area contributed by atoms with Crippen molar-refractivity contribution in [1.29, 1.82) is 0 Å². The van der Waals surface area contributed by atoms with Gasteiger partial charge in [0.2, 0.25) is 11.8 Å². The number of aryl methyl sites for hydroxylation is 2. The first-order chi connectivity index (χ1) is 19.5. The molecule has 214 valence electrons. The van der Waals surface area contributed by atoms with Gasteiger partial charge < -0.3 is 15.7 Å². The van der Waals surface area contributed by atoms with E-state index in [1.54, 1.807) is 6.20 Å². The molecule has 0 radical (unpaired) electrons. The first-order valence-electron chi connectivity index (χ1n) is 14.6. The number of rotatable bonds is 9. The van der Waals surface area contributed by atoms with Gasteiger partial charge in [0.1, 0.15) is 5.82 Å². The molecule has 0 bridgehead atoms. The molecule has 1 heterocycles. The van der Waals surface area contributed by atoms with Gasteiger partial charge in [0.15, 0.2) is 0 Å². The van der Waals surface area contributed by atoms with Crippen molar-refractivity contribution >= 4 is 29.3 Å². The quantitative estimate of drug-likeness (QED) is 0.298. The van der Waals surface area contributed by atoms with Crippen molar-refractivity contribution in [2.75, 3.05) is 10.6 Å². The number of nitrogens with zero attached hydrogens (tertiary/aromatic N) is 1. The van der Waals surface area contributed by atoms with Gasteiger partial charge >= 0.3 is 5.97 Å². The molecule has 1 unspecified atom stereocenters. The highest BCUT2D eigenvalue weighted by atomic mass is 16.4. The lowest BCUT2D eigenvalue weighted by molar-refractivity contribution is -0.137. The molecule has 1 atom stereocenters. The maximum absolute atomic E-state index is 13.4. The molecule has 0 saturated heterocycles. The molecular weight excluding hydrogens is 514 g/mol. The van der Waals surface area contributed by atoms with Gasteiger partial charge in [0.25, 0.3) is 0 Å². The van der Waals surface area contributed by atoms with Gasteiger partial charge in [-0.25, -0.2) is 4.98 Å². The second kappa shape index (κ2) is 11.9. The Bertz CT molecular complexity index is 1470. The van der Waals surface area contributed by atoms with E-state index < -0.39 is 5.97 Å². The number of carbonyl (C=O) groups excluding carboxylic acids is 2. The summed E-state index contributed by atoms with van der Waals surface area (Å²) in [6.45, 7) is 6.34. The highest BCUT2D eigenvalue weighted by Crippen LogP contribution is 2.32. The van der Waals surface area contributed by atoms with Crippen LogP contribution in [0.3, 0.4) is 0 Å². The molecular formula is C34H39N3O4. The Balaban J connectivity index is 1.26. The number of pyridine rings is 1. The Hall–Kier alpha value is -4.00. The van der Waals surface area contributed by atoms with Gasteiger partial charge in [0, 0.05) is 30.1 Å². The van der Waals surface area contributed by atoms with Crippen LogP contribution >= 0.6 is 0 Å². The summed E-state index contributed by atoms with van der Waals surface area (Å²) in [7, 11) is 0. The van der Waals surface area contributed by atoms with Gasteiger partial charge in [-0.2, -0.15) is 0 Å². The Kier molecular flexibility index (Phi) is 8.25. The summed E-state index contributed by atoms with van der Waals surface area (Å²) in [5.74, 6) is -0.190. The Morgan fingerprint density at radius 3 is 2.34 bits per heavy atom. The average molecular weight is 554 g/mol. The SMILES string of the molecule is CC(C)(C)c1cc(CCC(=O)O)cc(NC(=O)C2CCc3ccc(Cc4ccnc(NC(=O)C5CC5)c4)cc3C2)c1. The third kappa shape index (κ3) is 7.60. The summed E-state index contributed by atoms with van der Waals surface area (Å²) in [6.07, 6.45) is 7.17. The minimum Gasteiger partial charge on any atom is -0.481 e. The Morgan fingerprint density at radius 1 is 0.854 bits per heavy atom. The predicted molar refractivity (Wildman–Crippen MR) is 160 cm³/mol. The summed E-state index contributed by atoms with van der Waals surface area (Å²) < 4.78 is 0. The first-order valence-corrected chi connectivity index (χ1v) is 14.6. The smallest absolute Gasteiger partial charge is 0.303 e. The molecule has 3 N–H and O–H groups in total. The average Bonchev–Trinajstić information content (AvgIpc) is 3.77. The van der Waals surface area contributed by atoms with E-state index in [0.29, 0.717) is 18.7 Å². The van der Waals surface area contributed by atoms with Gasteiger partial charge in [-0.3, -0.25) is 14.4 Å². The van der Waals surface area contributed by atoms with E-state index in [2.05, 4.69) is 54.6 Å². The summed E-state index contributed by atoms with van der Waals surface area (Å²) in [5.41, 5.74) is 7.32. The van der Waals surface area contributed by atoms with E-state index in [1.807, 2.05) is 30.3 Å². The number of fused-ring (bicyclic) bond motifs is 1. The van der Waals surface area contributed by atoms with Gasteiger partial charge in [-0.1, -0.05) is 45.0 Å². The number of aliphatic carboxylic acids is 1. The largest absolute Gasteiger partial charge is 0.481 e. The number of hydrogen-bond acceptors (Lipinski definition) is 4. The Morgan fingerprint density at radius 2 is 1.61 bits per heavy atom. The molecule has 41 heavy (non-hydrogen) atoms. The predicted octanol–water partition coefficient (Wildman–Crippen LogP) is 6.08.